The normalized spacial score (nSPS) is 19.2. The van der Waals surface area contributed by atoms with Gasteiger partial charge in [-0.25, -0.2) is 9.18 Å². The summed E-state index contributed by atoms with van der Waals surface area (Å²) in [5.74, 6) is 0.845. The molecule has 0 bridgehead atoms. The largest absolute Gasteiger partial charge is 0.493 e. The molecule has 1 saturated carbocycles. The topological polar surface area (TPSA) is 35.5 Å². The Morgan fingerprint density at radius 2 is 1.76 bits per heavy atom. The molecule has 2 aromatic carbocycles. The predicted octanol–water partition coefficient (Wildman–Crippen LogP) is 8.08. The summed E-state index contributed by atoms with van der Waals surface area (Å²) in [5.41, 5.74) is 3.69. The standard InChI is InChI=1S/C28H36BrFO3/c1-3-5-6-26(30)28(31)33-24-16-11-21(12-17-24)8-7-20-9-13-22(14-10-20)23-15-18-27(32-4-2)25(29)19-23/h9-10,13-15,18-19,21,24,26H,3-8,11-12,16-17H2,1-2H3/t21?,24?,26-/m0/s1. The Morgan fingerprint density at radius 3 is 2.39 bits per heavy atom. The lowest BCUT2D eigenvalue weighted by molar-refractivity contribution is -0.157. The second-order valence-corrected chi connectivity index (χ2v) is 9.86. The third-order valence-electron chi connectivity index (χ3n) is 6.50. The molecule has 0 saturated heterocycles. The van der Waals surface area contributed by atoms with Crippen LogP contribution in [0.25, 0.3) is 11.1 Å². The van der Waals surface area contributed by atoms with Crippen molar-refractivity contribution >= 4 is 21.9 Å². The number of rotatable bonds is 11. The van der Waals surface area contributed by atoms with Crippen molar-refractivity contribution in [2.75, 3.05) is 6.61 Å². The molecule has 0 spiro atoms. The summed E-state index contributed by atoms with van der Waals surface area (Å²) in [4.78, 5) is 11.9. The van der Waals surface area contributed by atoms with Crippen LogP contribution in [0.5, 0.6) is 5.75 Å². The number of hydrogen-bond donors (Lipinski definition) is 0. The number of benzene rings is 2. The maximum Gasteiger partial charge on any atom is 0.340 e. The molecule has 0 heterocycles. The first-order valence-electron chi connectivity index (χ1n) is 12.4. The van der Waals surface area contributed by atoms with Crippen molar-refractivity contribution in [2.24, 2.45) is 5.92 Å². The number of alkyl halides is 1. The molecule has 0 unspecified atom stereocenters. The number of ether oxygens (including phenoxy) is 2. The Hall–Kier alpha value is -1.88. The van der Waals surface area contributed by atoms with E-state index in [2.05, 4.69) is 52.3 Å². The number of carbonyl (C=O) groups excluding carboxylic acids is 1. The fourth-order valence-corrected chi connectivity index (χ4v) is 4.96. The van der Waals surface area contributed by atoms with Crippen LogP contribution in [0.2, 0.25) is 0 Å². The van der Waals surface area contributed by atoms with E-state index in [1.54, 1.807) is 0 Å². The zero-order valence-corrected chi connectivity index (χ0v) is 21.4. The summed E-state index contributed by atoms with van der Waals surface area (Å²) in [6.07, 6.45) is 6.29. The van der Waals surface area contributed by atoms with E-state index in [1.165, 1.54) is 11.1 Å². The first-order valence-corrected chi connectivity index (χ1v) is 13.2. The van der Waals surface area contributed by atoms with Gasteiger partial charge in [-0.2, -0.15) is 0 Å². The molecule has 1 aliphatic rings. The molecule has 2 aromatic rings. The molecular weight excluding hydrogens is 483 g/mol. The molecular formula is C28H36BrFO3. The van der Waals surface area contributed by atoms with Crippen molar-refractivity contribution in [1.29, 1.82) is 0 Å². The molecule has 5 heteroatoms. The minimum Gasteiger partial charge on any atom is -0.493 e. The monoisotopic (exact) mass is 518 g/mol. The Bertz CT molecular complexity index is 875. The van der Waals surface area contributed by atoms with Crippen LogP contribution in [0, 0.1) is 5.92 Å². The fourth-order valence-electron chi connectivity index (χ4n) is 4.47. The first-order chi connectivity index (χ1) is 16.0. The maximum absolute atomic E-state index is 13.8. The van der Waals surface area contributed by atoms with E-state index in [1.807, 2.05) is 19.9 Å². The third kappa shape index (κ3) is 7.84. The van der Waals surface area contributed by atoms with Crippen molar-refractivity contribution in [2.45, 2.75) is 83.9 Å². The van der Waals surface area contributed by atoms with E-state index >= 15 is 0 Å². The number of hydrogen-bond acceptors (Lipinski definition) is 3. The van der Waals surface area contributed by atoms with Crippen LogP contribution < -0.4 is 4.74 Å². The SMILES string of the molecule is CCCC[C@H](F)C(=O)OC1CCC(CCc2ccc(-c3ccc(OCC)c(Br)c3)cc2)CC1. The van der Waals surface area contributed by atoms with E-state index in [9.17, 15) is 9.18 Å². The first kappa shape index (κ1) is 25.7. The van der Waals surface area contributed by atoms with Crippen molar-refractivity contribution in [3.05, 3.63) is 52.5 Å². The number of halogens is 2. The molecule has 1 aliphatic carbocycles. The van der Waals surface area contributed by atoms with Crippen LogP contribution in [0.4, 0.5) is 4.39 Å². The van der Waals surface area contributed by atoms with Crippen molar-refractivity contribution in [3.8, 4) is 16.9 Å². The summed E-state index contributed by atoms with van der Waals surface area (Å²) < 4.78 is 25.8. The number of unbranched alkanes of at least 4 members (excludes halogenated alkanes) is 1. The smallest absolute Gasteiger partial charge is 0.340 e. The molecule has 0 aromatic heterocycles. The molecule has 180 valence electrons. The van der Waals surface area contributed by atoms with Gasteiger partial charge in [0.1, 0.15) is 11.9 Å². The van der Waals surface area contributed by atoms with Crippen molar-refractivity contribution < 1.29 is 18.7 Å². The lowest BCUT2D eigenvalue weighted by Crippen LogP contribution is -2.29. The quantitative estimate of drug-likeness (QED) is 0.282. The number of carbonyl (C=O) groups is 1. The highest BCUT2D eigenvalue weighted by Gasteiger charge is 2.27. The number of esters is 1. The Balaban J connectivity index is 1.42. The lowest BCUT2D eigenvalue weighted by Gasteiger charge is -2.28. The molecule has 0 radical (unpaired) electrons. The molecule has 0 N–H and O–H groups in total. The van der Waals surface area contributed by atoms with Crippen LogP contribution in [0.1, 0.15) is 70.8 Å². The van der Waals surface area contributed by atoms with Crippen molar-refractivity contribution in [1.82, 2.24) is 0 Å². The van der Waals surface area contributed by atoms with E-state index in [4.69, 9.17) is 9.47 Å². The zero-order chi connectivity index (χ0) is 23.6. The minimum absolute atomic E-state index is 0.110. The molecule has 3 nitrogen and oxygen atoms in total. The van der Waals surface area contributed by atoms with Gasteiger partial charge in [0, 0.05) is 0 Å². The highest BCUT2D eigenvalue weighted by Crippen LogP contribution is 2.32. The van der Waals surface area contributed by atoms with Crippen LogP contribution in [0.3, 0.4) is 0 Å². The van der Waals surface area contributed by atoms with Gasteiger partial charge in [0.2, 0.25) is 0 Å². The van der Waals surface area contributed by atoms with Crippen LogP contribution >= 0.6 is 15.9 Å². The summed E-state index contributed by atoms with van der Waals surface area (Å²) in [6, 6.07) is 15.0. The molecule has 33 heavy (non-hydrogen) atoms. The summed E-state index contributed by atoms with van der Waals surface area (Å²) in [7, 11) is 0. The molecule has 1 fully saturated rings. The van der Waals surface area contributed by atoms with Gasteiger partial charge in [-0.15, -0.1) is 0 Å². The molecule has 0 amide bonds. The van der Waals surface area contributed by atoms with Gasteiger partial charge in [0.25, 0.3) is 0 Å². The summed E-state index contributed by atoms with van der Waals surface area (Å²) in [5, 5.41) is 0. The third-order valence-corrected chi connectivity index (χ3v) is 7.12. The van der Waals surface area contributed by atoms with Gasteiger partial charge >= 0.3 is 5.97 Å². The second kappa shape index (κ2) is 13.1. The Kier molecular flexibility index (Phi) is 10.2. The zero-order valence-electron chi connectivity index (χ0n) is 19.8. The van der Waals surface area contributed by atoms with Gasteiger partial charge in [0.15, 0.2) is 6.17 Å². The maximum atomic E-state index is 13.8. The highest BCUT2D eigenvalue weighted by atomic mass is 79.9. The van der Waals surface area contributed by atoms with Crippen LogP contribution in [0.15, 0.2) is 46.9 Å². The minimum atomic E-state index is -1.46. The molecule has 1 atom stereocenters. The average molecular weight is 519 g/mol. The van der Waals surface area contributed by atoms with E-state index in [0.717, 1.165) is 67.2 Å². The molecule has 0 aliphatic heterocycles. The lowest BCUT2D eigenvalue weighted by atomic mass is 9.83. The van der Waals surface area contributed by atoms with E-state index in [0.29, 0.717) is 12.5 Å². The van der Waals surface area contributed by atoms with Crippen LogP contribution in [-0.2, 0) is 16.0 Å². The Labute approximate surface area is 206 Å². The van der Waals surface area contributed by atoms with E-state index < -0.39 is 12.1 Å². The van der Waals surface area contributed by atoms with Gasteiger partial charge in [-0.3, -0.25) is 0 Å². The van der Waals surface area contributed by atoms with Gasteiger partial charge in [-0.05, 0) is 103 Å². The van der Waals surface area contributed by atoms with E-state index in [-0.39, 0.29) is 12.5 Å². The van der Waals surface area contributed by atoms with Gasteiger partial charge < -0.3 is 9.47 Å². The van der Waals surface area contributed by atoms with Crippen molar-refractivity contribution in [3.63, 3.8) is 0 Å². The second-order valence-electron chi connectivity index (χ2n) is 9.00. The fraction of sp³-hybridized carbons (Fsp3) is 0.536. The average Bonchev–Trinajstić information content (AvgIpc) is 2.83. The predicted molar refractivity (Wildman–Crippen MR) is 135 cm³/mol. The molecule has 3 rings (SSSR count). The summed E-state index contributed by atoms with van der Waals surface area (Å²) >= 11 is 3.59. The number of aryl methyl sites for hydroxylation is 1. The van der Waals surface area contributed by atoms with Crippen LogP contribution in [-0.4, -0.2) is 24.9 Å². The van der Waals surface area contributed by atoms with Gasteiger partial charge in [-0.1, -0.05) is 50.1 Å². The summed E-state index contributed by atoms with van der Waals surface area (Å²) in [6.45, 7) is 4.63. The highest BCUT2D eigenvalue weighted by molar-refractivity contribution is 9.10. The Morgan fingerprint density at radius 1 is 1.06 bits per heavy atom. The van der Waals surface area contributed by atoms with Gasteiger partial charge in [0.05, 0.1) is 11.1 Å².